The number of rotatable bonds is 1. The van der Waals surface area contributed by atoms with Gasteiger partial charge in [0.1, 0.15) is 0 Å². The lowest BCUT2D eigenvalue weighted by Gasteiger charge is -2.32. The molecule has 62 valence electrons. The summed E-state index contributed by atoms with van der Waals surface area (Å²) < 4.78 is 5.41. The zero-order valence-electron chi connectivity index (χ0n) is 7.21. The Morgan fingerprint density at radius 3 is 3.18 bits per heavy atom. The molecule has 0 amide bonds. The standard InChI is InChI=1S/C9H15NO/c1-10-7-3-5-8(10)9(11-2)6-4-7/h4,8-9H,3,5-6H2,1-2H3/t8-,9?/m0/s1. The summed E-state index contributed by atoms with van der Waals surface area (Å²) in [4.78, 5) is 2.37. The average Bonchev–Trinajstić information content (AvgIpc) is 2.31. The van der Waals surface area contributed by atoms with Crippen molar-refractivity contribution in [2.45, 2.75) is 31.4 Å². The van der Waals surface area contributed by atoms with Gasteiger partial charge in [-0.05, 0) is 19.3 Å². The minimum atomic E-state index is 0.436. The van der Waals surface area contributed by atoms with Gasteiger partial charge in [-0.15, -0.1) is 0 Å². The molecule has 0 N–H and O–H groups in total. The zero-order valence-corrected chi connectivity index (χ0v) is 7.21. The van der Waals surface area contributed by atoms with Crippen LogP contribution in [0.3, 0.4) is 0 Å². The molecule has 1 saturated heterocycles. The van der Waals surface area contributed by atoms with Gasteiger partial charge in [-0.3, -0.25) is 0 Å². The minimum Gasteiger partial charge on any atom is -0.379 e. The highest BCUT2D eigenvalue weighted by molar-refractivity contribution is 5.15. The van der Waals surface area contributed by atoms with Crippen molar-refractivity contribution in [1.82, 2.24) is 4.90 Å². The highest BCUT2D eigenvalue weighted by Gasteiger charge is 2.34. The van der Waals surface area contributed by atoms with Crippen LogP contribution in [0.1, 0.15) is 19.3 Å². The van der Waals surface area contributed by atoms with Crippen molar-refractivity contribution < 1.29 is 4.74 Å². The summed E-state index contributed by atoms with van der Waals surface area (Å²) in [6, 6.07) is 0.653. The third kappa shape index (κ3) is 0.968. The Balaban J connectivity index is 2.19. The maximum atomic E-state index is 5.41. The number of nitrogens with zero attached hydrogens (tertiary/aromatic N) is 1. The monoisotopic (exact) mass is 153 g/mol. The van der Waals surface area contributed by atoms with Crippen LogP contribution in [-0.2, 0) is 4.74 Å². The Bertz CT molecular complexity index is 188. The molecule has 2 bridgehead atoms. The van der Waals surface area contributed by atoms with Gasteiger partial charge in [0.25, 0.3) is 0 Å². The molecule has 2 nitrogen and oxygen atoms in total. The van der Waals surface area contributed by atoms with E-state index in [-0.39, 0.29) is 0 Å². The van der Waals surface area contributed by atoms with E-state index in [1.165, 1.54) is 18.5 Å². The molecule has 1 fully saturated rings. The largest absolute Gasteiger partial charge is 0.379 e. The maximum absolute atomic E-state index is 5.41. The van der Waals surface area contributed by atoms with Crippen molar-refractivity contribution in [3.05, 3.63) is 11.8 Å². The Morgan fingerprint density at radius 2 is 2.45 bits per heavy atom. The number of fused-ring (bicyclic) bond motifs is 2. The molecular weight excluding hydrogens is 138 g/mol. The molecule has 0 aliphatic carbocycles. The van der Waals surface area contributed by atoms with E-state index in [0.29, 0.717) is 12.1 Å². The van der Waals surface area contributed by atoms with Gasteiger partial charge in [-0.25, -0.2) is 0 Å². The van der Waals surface area contributed by atoms with Crippen LogP contribution >= 0.6 is 0 Å². The first-order valence-electron chi connectivity index (χ1n) is 4.27. The van der Waals surface area contributed by atoms with Crippen LogP contribution < -0.4 is 0 Å². The zero-order chi connectivity index (χ0) is 7.84. The van der Waals surface area contributed by atoms with Gasteiger partial charge < -0.3 is 9.64 Å². The number of hydrogen-bond acceptors (Lipinski definition) is 2. The van der Waals surface area contributed by atoms with E-state index in [4.69, 9.17) is 4.74 Å². The Labute approximate surface area is 67.8 Å². The summed E-state index contributed by atoms with van der Waals surface area (Å²) in [7, 11) is 3.99. The highest BCUT2D eigenvalue weighted by atomic mass is 16.5. The number of methoxy groups -OCH3 is 1. The van der Waals surface area contributed by atoms with Crippen molar-refractivity contribution in [1.29, 1.82) is 0 Å². The Hall–Kier alpha value is -0.500. The molecule has 2 atom stereocenters. The van der Waals surface area contributed by atoms with Crippen molar-refractivity contribution in [2.24, 2.45) is 0 Å². The first-order valence-corrected chi connectivity index (χ1v) is 4.27. The van der Waals surface area contributed by atoms with Gasteiger partial charge in [-0.2, -0.15) is 0 Å². The third-order valence-corrected chi connectivity index (χ3v) is 2.96. The van der Waals surface area contributed by atoms with E-state index in [2.05, 4.69) is 18.0 Å². The van der Waals surface area contributed by atoms with Crippen molar-refractivity contribution >= 4 is 0 Å². The fourth-order valence-electron chi connectivity index (χ4n) is 2.22. The predicted octanol–water partition coefficient (Wildman–Crippen LogP) is 1.38. The second-order valence-corrected chi connectivity index (χ2v) is 3.42. The van der Waals surface area contributed by atoms with E-state index in [9.17, 15) is 0 Å². The molecule has 2 aliphatic heterocycles. The van der Waals surface area contributed by atoms with Crippen LogP contribution in [-0.4, -0.2) is 31.2 Å². The first-order chi connectivity index (χ1) is 5.33. The summed E-state index contributed by atoms with van der Waals surface area (Å²) in [6.07, 6.45) is 6.40. The van der Waals surface area contributed by atoms with E-state index in [1.807, 2.05) is 7.11 Å². The van der Waals surface area contributed by atoms with Crippen LogP contribution in [0.5, 0.6) is 0 Å². The second-order valence-electron chi connectivity index (χ2n) is 3.42. The van der Waals surface area contributed by atoms with Crippen LogP contribution in [0, 0.1) is 0 Å². The fraction of sp³-hybridized carbons (Fsp3) is 0.778. The normalized spacial score (nSPS) is 35.8. The Kier molecular flexibility index (Phi) is 1.64. The number of likely N-dealkylation sites (N-methyl/N-ethyl adjacent to an activating group) is 1. The van der Waals surface area contributed by atoms with Gasteiger partial charge in [0.15, 0.2) is 0 Å². The van der Waals surface area contributed by atoms with Crippen LogP contribution in [0.2, 0.25) is 0 Å². The van der Waals surface area contributed by atoms with Crippen molar-refractivity contribution in [3.63, 3.8) is 0 Å². The molecule has 0 aromatic carbocycles. The van der Waals surface area contributed by atoms with Crippen molar-refractivity contribution in [3.8, 4) is 0 Å². The average molecular weight is 153 g/mol. The van der Waals surface area contributed by atoms with Crippen LogP contribution in [0.4, 0.5) is 0 Å². The van der Waals surface area contributed by atoms with E-state index < -0.39 is 0 Å². The lowest BCUT2D eigenvalue weighted by molar-refractivity contribution is 0.0401. The highest BCUT2D eigenvalue weighted by Crippen LogP contribution is 2.34. The topological polar surface area (TPSA) is 12.5 Å². The summed E-state index contributed by atoms with van der Waals surface area (Å²) in [5, 5.41) is 0. The molecule has 2 heterocycles. The predicted molar refractivity (Wildman–Crippen MR) is 44.3 cm³/mol. The van der Waals surface area contributed by atoms with E-state index in [0.717, 1.165) is 6.42 Å². The minimum absolute atomic E-state index is 0.436. The summed E-state index contributed by atoms with van der Waals surface area (Å²) in [5.41, 5.74) is 1.52. The summed E-state index contributed by atoms with van der Waals surface area (Å²) in [5.74, 6) is 0. The lowest BCUT2D eigenvalue weighted by Crippen LogP contribution is -2.39. The first kappa shape index (κ1) is 7.17. The molecule has 11 heavy (non-hydrogen) atoms. The molecule has 0 spiro atoms. The van der Waals surface area contributed by atoms with E-state index in [1.54, 1.807) is 0 Å². The SMILES string of the molecule is COC1CC=C2CC[C@@H]1N2C. The molecular formula is C9H15NO. The van der Waals surface area contributed by atoms with Gasteiger partial charge in [0, 0.05) is 19.9 Å². The van der Waals surface area contributed by atoms with Crippen LogP contribution in [0.15, 0.2) is 11.8 Å². The van der Waals surface area contributed by atoms with Gasteiger partial charge in [-0.1, -0.05) is 6.08 Å². The number of allylic oxidation sites excluding steroid dienone is 1. The van der Waals surface area contributed by atoms with Gasteiger partial charge >= 0.3 is 0 Å². The molecule has 2 heteroatoms. The molecule has 2 aliphatic rings. The number of hydrogen-bond donors (Lipinski definition) is 0. The quantitative estimate of drug-likeness (QED) is 0.564. The summed E-state index contributed by atoms with van der Waals surface area (Å²) >= 11 is 0. The van der Waals surface area contributed by atoms with E-state index >= 15 is 0 Å². The van der Waals surface area contributed by atoms with Gasteiger partial charge in [0.05, 0.1) is 12.1 Å². The molecule has 0 aromatic heterocycles. The molecule has 2 rings (SSSR count). The number of ether oxygens (including phenoxy) is 1. The fourth-order valence-corrected chi connectivity index (χ4v) is 2.22. The Morgan fingerprint density at radius 1 is 1.64 bits per heavy atom. The molecule has 0 radical (unpaired) electrons. The molecule has 0 saturated carbocycles. The molecule has 1 unspecified atom stereocenters. The third-order valence-electron chi connectivity index (χ3n) is 2.96. The van der Waals surface area contributed by atoms with Crippen molar-refractivity contribution in [2.75, 3.05) is 14.2 Å². The maximum Gasteiger partial charge on any atom is 0.0809 e. The molecule has 0 aromatic rings. The van der Waals surface area contributed by atoms with Crippen LogP contribution in [0.25, 0.3) is 0 Å². The smallest absolute Gasteiger partial charge is 0.0809 e. The summed E-state index contributed by atoms with van der Waals surface area (Å²) in [6.45, 7) is 0. The second kappa shape index (κ2) is 2.52. The lowest BCUT2D eigenvalue weighted by atomic mass is 10.1. The van der Waals surface area contributed by atoms with Gasteiger partial charge in [0.2, 0.25) is 0 Å².